The summed E-state index contributed by atoms with van der Waals surface area (Å²) >= 11 is 0. The molecule has 1 aliphatic carbocycles. The Morgan fingerprint density at radius 1 is 1.50 bits per heavy atom. The molecule has 0 heterocycles. The van der Waals surface area contributed by atoms with E-state index in [9.17, 15) is 0 Å². The highest BCUT2D eigenvalue weighted by atomic mass is 16.3. The first-order valence-electron chi connectivity index (χ1n) is 5.67. The van der Waals surface area contributed by atoms with Crippen molar-refractivity contribution < 1.29 is 5.11 Å². The molecule has 0 amide bonds. The molecule has 1 saturated carbocycles. The lowest BCUT2D eigenvalue weighted by molar-refractivity contribution is 0.194. The summed E-state index contributed by atoms with van der Waals surface area (Å²) in [6, 6.07) is 0.968. The summed E-state index contributed by atoms with van der Waals surface area (Å²) in [5.74, 6) is 0.933. The van der Waals surface area contributed by atoms with E-state index in [4.69, 9.17) is 5.11 Å². The van der Waals surface area contributed by atoms with E-state index in [1.54, 1.807) is 0 Å². The van der Waals surface area contributed by atoms with E-state index >= 15 is 0 Å². The number of hydrogen-bond acceptors (Lipinski definition) is 3. The van der Waals surface area contributed by atoms with Crippen LogP contribution < -0.4 is 5.32 Å². The van der Waals surface area contributed by atoms with Gasteiger partial charge in [0, 0.05) is 12.1 Å². The van der Waals surface area contributed by atoms with Gasteiger partial charge in [0.2, 0.25) is 0 Å². The third-order valence-corrected chi connectivity index (χ3v) is 3.46. The van der Waals surface area contributed by atoms with Gasteiger partial charge in [0.05, 0.1) is 6.61 Å². The van der Waals surface area contributed by atoms with Gasteiger partial charge in [-0.2, -0.15) is 0 Å². The SMILES string of the molecule is CNC(CO)CCN(C)C(C)C1CC1. The number of likely N-dealkylation sites (N-methyl/N-ethyl adjacent to an activating group) is 1. The van der Waals surface area contributed by atoms with Gasteiger partial charge in [-0.05, 0) is 52.7 Å². The minimum atomic E-state index is 0.238. The summed E-state index contributed by atoms with van der Waals surface area (Å²) in [4.78, 5) is 2.41. The highest BCUT2D eigenvalue weighted by Gasteiger charge is 2.30. The molecule has 14 heavy (non-hydrogen) atoms. The molecule has 84 valence electrons. The van der Waals surface area contributed by atoms with Crippen LogP contribution in [0.4, 0.5) is 0 Å². The second kappa shape index (κ2) is 5.69. The largest absolute Gasteiger partial charge is 0.395 e. The molecule has 2 N–H and O–H groups in total. The monoisotopic (exact) mass is 200 g/mol. The van der Waals surface area contributed by atoms with Gasteiger partial charge in [0.25, 0.3) is 0 Å². The fourth-order valence-electron chi connectivity index (χ4n) is 1.83. The van der Waals surface area contributed by atoms with Crippen molar-refractivity contribution in [1.82, 2.24) is 10.2 Å². The van der Waals surface area contributed by atoms with Crippen molar-refractivity contribution >= 4 is 0 Å². The first-order valence-corrected chi connectivity index (χ1v) is 5.67. The number of aliphatic hydroxyl groups excluding tert-OH is 1. The van der Waals surface area contributed by atoms with Gasteiger partial charge in [-0.3, -0.25) is 0 Å². The summed E-state index contributed by atoms with van der Waals surface area (Å²) in [5.41, 5.74) is 0. The van der Waals surface area contributed by atoms with Crippen molar-refractivity contribution in [3.8, 4) is 0 Å². The Morgan fingerprint density at radius 2 is 2.14 bits per heavy atom. The first-order chi connectivity index (χ1) is 6.69. The molecule has 0 saturated heterocycles. The molecular formula is C11H24N2O. The van der Waals surface area contributed by atoms with Gasteiger partial charge in [-0.25, -0.2) is 0 Å². The second-order valence-electron chi connectivity index (χ2n) is 4.52. The summed E-state index contributed by atoms with van der Waals surface area (Å²) in [6.07, 6.45) is 3.84. The Hall–Kier alpha value is -0.120. The molecule has 1 rings (SSSR count). The Kier molecular flexibility index (Phi) is 4.85. The Labute approximate surface area is 87.5 Å². The maximum atomic E-state index is 9.02. The summed E-state index contributed by atoms with van der Waals surface area (Å²) in [5, 5.41) is 12.1. The lowest BCUT2D eigenvalue weighted by Crippen LogP contribution is -2.37. The summed E-state index contributed by atoms with van der Waals surface area (Å²) in [6.45, 7) is 3.62. The predicted molar refractivity (Wildman–Crippen MR) is 59.4 cm³/mol. The van der Waals surface area contributed by atoms with Crippen LogP contribution in [0.25, 0.3) is 0 Å². The Bertz CT molecular complexity index is 155. The van der Waals surface area contributed by atoms with E-state index < -0.39 is 0 Å². The number of hydrogen-bond donors (Lipinski definition) is 2. The predicted octanol–water partition coefficient (Wildman–Crippen LogP) is 0.687. The number of nitrogens with zero attached hydrogens (tertiary/aromatic N) is 1. The van der Waals surface area contributed by atoms with Gasteiger partial charge in [0.1, 0.15) is 0 Å². The highest BCUT2D eigenvalue weighted by molar-refractivity contribution is 4.84. The standard InChI is InChI=1S/C11H24N2O/c1-9(10-4-5-10)13(3)7-6-11(8-14)12-2/h9-12,14H,4-8H2,1-3H3. The summed E-state index contributed by atoms with van der Waals surface area (Å²) in [7, 11) is 4.10. The van der Waals surface area contributed by atoms with Crippen molar-refractivity contribution in [2.75, 3.05) is 27.2 Å². The van der Waals surface area contributed by atoms with Crippen molar-refractivity contribution in [3.63, 3.8) is 0 Å². The van der Waals surface area contributed by atoms with Crippen LogP contribution in [0.2, 0.25) is 0 Å². The Morgan fingerprint density at radius 3 is 2.57 bits per heavy atom. The van der Waals surface area contributed by atoms with Crippen LogP contribution in [0.1, 0.15) is 26.2 Å². The molecule has 1 aliphatic rings. The molecule has 0 spiro atoms. The number of aliphatic hydroxyl groups is 1. The zero-order valence-electron chi connectivity index (χ0n) is 9.66. The van der Waals surface area contributed by atoms with Crippen LogP contribution >= 0.6 is 0 Å². The minimum absolute atomic E-state index is 0.238. The van der Waals surface area contributed by atoms with Gasteiger partial charge in [0.15, 0.2) is 0 Å². The van der Waals surface area contributed by atoms with E-state index in [-0.39, 0.29) is 12.6 Å². The van der Waals surface area contributed by atoms with Crippen LogP contribution in [-0.4, -0.2) is 49.3 Å². The molecular weight excluding hydrogens is 176 g/mol. The molecule has 1 fully saturated rings. The molecule has 2 atom stereocenters. The van der Waals surface area contributed by atoms with Gasteiger partial charge in [-0.15, -0.1) is 0 Å². The summed E-state index contributed by atoms with van der Waals surface area (Å²) < 4.78 is 0. The third-order valence-electron chi connectivity index (χ3n) is 3.46. The van der Waals surface area contributed by atoms with E-state index in [1.165, 1.54) is 12.8 Å². The quantitative estimate of drug-likeness (QED) is 0.634. The maximum Gasteiger partial charge on any atom is 0.0585 e. The van der Waals surface area contributed by atoms with Crippen LogP contribution in [-0.2, 0) is 0 Å². The molecule has 0 aromatic heterocycles. The maximum absolute atomic E-state index is 9.02. The molecule has 2 unspecified atom stereocenters. The van der Waals surface area contributed by atoms with Gasteiger partial charge in [-0.1, -0.05) is 0 Å². The topological polar surface area (TPSA) is 35.5 Å². The van der Waals surface area contributed by atoms with E-state index in [2.05, 4.69) is 24.2 Å². The molecule has 0 aromatic carbocycles. The van der Waals surface area contributed by atoms with Gasteiger partial charge >= 0.3 is 0 Å². The van der Waals surface area contributed by atoms with Crippen molar-refractivity contribution in [2.24, 2.45) is 5.92 Å². The molecule has 3 nitrogen and oxygen atoms in total. The first kappa shape index (κ1) is 12.0. The minimum Gasteiger partial charge on any atom is -0.395 e. The van der Waals surface area contributed by atoms with Crippen LogP contribution in [0.5, 0.6) is 0 Å². The van der Waals surface area contributed by atoms with E-state index in [1.807, 2.05) is 7.05 Å². The third kappa shape index (κ3) is 3.56. The zero-order chi connectivity index (χ0) is 10.6. The van der Waals surface area contributed by atoms with Crippen molar-refractivity contribution in [3.05, 3.63) is 0 Å². The highest BCUT2D eigenvalue weighted by Crippen LogP contribution is 2.34. The van der Waals surface area contributed by atoms with Crippen molar-refractivity contribution in [2.45, 2.75) is 38.3 Å². The number of nitrogens with one attached hydrogen (secondary N) is 1. The molecule has 0 aromatic rings. The zero-order valence-corrected chi connectivity index (χ0v) is 9.66. The molecule has 0 radical (unpaired) electrons. The molecule has 0 bridgehead atoms. The van der Waals surface area contributed by atoms with E-state index in [0.717, 1.165) is 18.9 Å². The average Bonchev–Trinajstić information content (AvgIpc) is 3.01. The van der Waals surface area contributed by atoms with Crippen LogP contribution in [0.3, 0.4) is 0 Å². The second-order valence-corrected chi connectivity index (χ2v) is 4.52. The van der Waals surface area contributed by atoms with Crippen LogP contribution in [0.15, 0.2) is 0 Å². The average molecular weight is 200 g/mol. The lowest BCUT2D eigenvalue weighted by atomic mass is 10.1. The lowest BCUT2D eigenvalue weighted by Gasteiger charge is -2.26. The molecule has 3 heteroatoms. The smallest absolute Gasteiger partial charge is 0.0585 e. The normalized spacial score (nSPS) is 21.2. The molecule has 0 aliphatic heterocycles. The van der Waals surface area contributed by atoms with Gasteiger partial charge < -0.3 is 15.3 Å². The van der Waals surface area contributed by atoms with E-state index in [0.29, 0.717) is 6.04 Å². The van der Waals surface area contributed by atoms with Crippen LogP contribution in [0, 0.1) is 5.92 Å². The number of rotatable bonds is 7. The fraction of sp³-hybridized carbons (Fsp3) is 1.00. The van der Waals surface area contributed by atoms with Crippen molar-refractivity contribution in [1.29, 1.82) is 0 Å². The fourth-order valence-corrected chi connectivity index (χ4v) is 1.83. The Balaban J connectivity index is 2.15.